The van der Waals surface area contributed by atoms with Gasteiger partial charge in [0.1, 0.15) is 5.82 Å². The van der Waals surface area contributed by atoms with Gasteiger partial charge in [0.25, 0.3) is 0 Å². The largest absolute Gasteiger partial charge is 0.354 e. The first kappa shape index (κ1) is 13.0. The highest BCUT2D eigenvalue weighted by atomic mass is 19.1. The molecule has 3 N–H and O–H groups in total. The van der Waals surface area contributed by atoms with Crippen molar-refractivity contribution >= 4 is 5.91 Å². The molecular weight excluding hydrogens is 231 g/mol. The number of hydrogen-bond donors (Lipinski definition) is 2. The van der Waals surface area contributed by atoms with Crippen molar-refractivity contribution in [3.05, 3.63) is 35.6 Å². The van der Waals surface area contributed by atoms with Crippen molar-refractivity contribution < 1.29 is 9.18 Å². The molecule has 0 aliphatic heterocycles. The van der Waals surface area contributed by atoms with E-state index in [-0.39, 0.29) is 17.1 Å². The van der Waals surface area contributed by atoms with Crippen LogP contribution < -0.4 is 11.1 Å². The van der Waals surface area contributed by atoms with E-state index in [1.165, 1.54) is 12.1 Å². The molecule has 0 spiro atoms. The molecule has 2 rings (SSSR count). The van der Waals surface area contributed by atoms with Gasteiger partial charge in [-0.25, -0.2) is 4.39 Å². The van der Waals surface area contributed by atoms with Crippen LogP contribution in [0.4, 0.5) is 4.39 Å². The zero-order chi connectivity index (χ0) is 13.2. The Morgan fingerprint density at radius 1 is 1.44 bits per heavy atom. The molecule has 98 valence electrons. The maximum Gasteiger partial charge on any atom is 0.236 e. The lowest BCUT2D eigenvalue weighted by Gasteiger charge is -2.42. The van der Waals surface area contributed by atoms with Crippen molar-refractivity contribution in [3.63, 3.8) is 0 Å². The second-order valence-electron chi connectivity index (χ2n) is 5.15. The zero-order valence-corrected chi connectivity index (χ0v) is 10.6. The van der Waals surface area contributed by atoms with Crippen LogP contribution in [0, 0.1) is 5.82 Å². The Kier molecular flexibility index (Phi) is 3.66. The predicted octanol–water partition coefficient (Wildman–Crippen LogP) is 1.71. The van der Waals surface area contributed by atoms with E-state index in [0.29, 0.717) is 6.54 Å². The number of amides is 1. The van der Waals surface area contributed by atoms with Crippen LogP contribution in [-0.2, 0) is 10.2 Å². The summed E-state index contributed by atoms with van der Waals surface area (Å²) in [4.78, 5) is 11.5. The number of nitrogens with one attached hydrogen (secondary N) is 1. The molecule has 0 bridgehead atoms. The molecule has 0 aromatic heterocycles. The van der Waals surface area contributed by atoms with Crippen molar-refractivity contribution in [2.24, 2.45) is 5.73 Å². The molecule has 1 aromatic rings. The van der Waals surface area contributed by atoms with Gasteiger partial charge in [0.2, 0.25) is 5.91 Å². The Hall–Kier alpha value is -1.42. The van der Waals surface area contributed by atoms with Gasteiger partial charge in [0, 0.05) is 12.0 Å². The third kappa shape index (κ3) is 2.53. The lowest BCUT2D eigenvalue weighted by molar-refractivity contribution is -0.122. The molecule has 1 amide bonds. The SMILES string of the molecule is C[C@@H](N)C(=O)NCC1(c2ccc(F)cc2)CCC1. The Morgan fingerprint density at radius 3 is 2.50 bits per heavy atom. The maximum absolute atomic E-state index is 12.9. The molecule has 0 radical (unpaired) electrons. The van der Waals surface area contributed by atoms with E-state index >= 15 is 0 Å². The summed E-state index contributed by atoms with van der Waals surface area (Å²) >= 11 is 0. The molecule has 3 nitrogen and oxygen atoms in total. The highest BCUT2D eigenvalue weighted by Crippen LogP contribution is 2.43. The summed E-state index contributed by atoms with van der Waals surface area (Å²) in [5.41, 5.74) is 6.59. The van der Waals surface area contributed by atoms with E-state index in [9.17, 15) is 9.18 Å². The Labute approximate surface area is 107 Å². The van der Waals surface area contributed by atoms with Gasteiger partial charge in [-0.05, 0) is 37.5 Å². The second kappa shape index (κ2) is 5.06. The number of halogens is 1. The molecular formula is C14H19FN2O. The number of hydrogen-bond acceptors (Lipinski definition) is 2. The minimum atomic E-state index is -0.490. The molecule has 1 saturated carbocycles. The molecule has 1 fully saturated rings. The fourth-order valence-corrected chi connectivity index (χ4v) is 2.39. The second-order valence-corrected chi connectivity index (χ2v) is 5.15. The minimum Gasteiger partial charge on any atom is -0.354 e. The van der Waals surface area contributed by atoms with E-state index in [4.69, 9.17) is 5.73 Å². The van der Waals surface area contributed by atoms with Crippen LogP contribution in [0.3, 0.4) is 0 Å². The molecule has 0 saturated heterocycles. The fourth-order valence-electron chi connectivity index (χ4n) is 2.39. The monoisotopic (exact) mass is 250 g/mol. The lowest BCUT2D eigenvalue weighted by atomic mass is 9.64. The summed E-state index contributed by atoms with van der Waals surface area (Å²) in [5.74, 6) is -0.365. The van der Waals surface area contributed by atoms with Crippen molar-refractivity contribution in [2.45, 2.75) is 37.6 Å². The minimum absolute atomic E-state index is 0.0295. The van der Waals surface area contributed by atoms with E-state index in [2.05, 4.69) is 5.32 Å². The molecule has 0 unspecified atom stereocenters. The van der Waals surface area contributed by atoms with Crippen LogP contribution in [0.15, 0.2) is 24.3 Å². The van der Waals surface area contributed by atoms with E-state index < -0.39 is 6.04 Å². The zero-order valence-electron chi connectivity index (χ0n) is 10.6. The summed E-state index contributed by atoms with van der Waals surface area (Å²) in [6.45, 7) is 2.25. The van der Waals surface area contributed by atoms with E-state index in [1.54, 1.807) is 6.92 Å². The Balaban J connectivity index is 2.07. The quantitative estimate of drug-likeness (QED) is 0.854. The standard InChI is InChI=1S/C14H19FN2O/c1-10(16)13(18)17-9-14(7-2-8-14)11-3-5-12(15)6-4-11/h3-6,10H,2,7-9,16H2,1H3,(H,17,18)/t10-/m1/s1. The molecule has 1 aliphatic carbocycles. The molecule has 18 heavy (non-hydrogen) atoms. The molecule has 1 aliphatic rings. The third-order valence-electron chi connectivity index (χ3n) is 3.78. The predicted molar refractivity (Wildman–Crippen MR) is 68.6 cm³/mol. The van der Waals surface area contributed by atoms with Crippen LogP contribution in [-0.4, -0.2) is 18.5 Å². The normalized spacial score (nSPS) is 18.8. The highest BCUT2D eigenvalue weighted by molar-refractivity contribution is 5.81. The summed E-state index contributed by atoms with van der Waals surface area (Å²) in [5, 5.41) is 2.88. The topological polar surface area (TPSA) is 55.1 Å². The first-order valence-corrected chi connectivity index (χ1v) is 6.33. The van der Waals surface area contributed by atoms with Gasteiger partial charge in [-0.1, -0.05) is 18.6 Å². The summed E-state index contributed by atoms with van der Waals surface area (Å²) in [6, 6.07) is 6.08. The summed E-state index contributed by atoms with van der Waals surface area (Å²) < 4.78 is 12.9. The van der Waals surface area contributed by atoms with Gasteiger partial charge in [0.15, 0.2) is 0 Å². The lowest BCUT2D eigenvalue weighted by Crippen LogP contribution is -2.49. The molecule has 1 atom stereocenters. The smallest absolute Gasteiger partial charge is 0.236 e. The van der Waals surface area contributed by atoms with Crippen LogP contribution in [0.25, 0.3) is 0 Å². The first-order valence-electron chi connectivity index (χ1n) is 6.33. The third-order valence-corrected chi connectivity index (χ3v) is 3.78. The summed E-state index contributed by atoms with van der Waals surface area (Å²) in [7, 11) is 0. The van der Waals surface area contributed by atoms with Crippen molar-refractivity contribution in [3.8, 4) is 0 Å². The van der Waals surface area contributed by atoms with E-state index in [0.717, 1.165) is 24.8 Å². The van der Waals surface area contributed by atoms with Crippen molar-refractivity contribution in [1.29, 1.82) is 0 Å². The van der Waals surface area contributed by atoms with Crippen LogP contribution in [0.2, 0.25) is 0 Å². The highest BCUT2D eigenvalue weighted by Gasteiger charge is 2.38. The average molecular weight is 250 g/mol. The van der Waals surface area contributed by atoms with Gasteiger partial charge in [-0.15, -0.1) is 0 Å². The number of carbonyl (C=O) groups excluding carboxylic acids is 1. The number of benzene rings is 1. The maximum atomic E-state index is 12.9. The number of rotatable bonds is 4. The van der Waals surface area contributed by atoms with Gasteiger partial charge in [-0.2, -0.15) is 0 Å². The van der Waals surface area contributed by atoms with Gasteiger partial charge in [0.05, 0.1) is 6.04 Å². The molecule has 1 aromatic carbocycles. The van der Waals surface area contributed by atoms with Gasteiger partial charge < -0.3 is 11.1 Å². The van der Waals surface area contributed by atoms with Gasteiger partial charge in [-0.3, -0.25) is 4.79 Å². The Bertz CT molecular complexity index is 424. The van der Waals surface area contributed by atoms with Crippen molar-refractivity contribution in [2.75, 3.05) is 6.54 Å². The Morgan fingerprint density at radius 2 is 2.06 bits per heavy atom. The molecule has 0 heterocycles. The average Bonchev–Trinajstić information content (AvgIpc) is 2.29. The summed E-state index contributed by atoms with van der Waals surface area (Å²) in [6.07, 6.45) is 3.20. The first-order chi connectivity index (χ1) is 8.53. The molecule has 4 heteroatoms. The van der Waals surface area contributed by atoms with Gasteiger partial charge >= 0.3 is 0 Å². The van der Waals surface area contributed by atoms with Crippen LogP contribution in [0.1, 0.15) is 31.7 Å². The van der Waals surface area contributed by atoms with E-state index in [1.807, 2.05) is 12.1 Å². The fraction of sp³-hybridized carbons (Fsp3) is 0.500. The van der Waals surface area contributed by atoms with Crippen molar-refractivity contribution in [1.82, 2.24) is 5.32 Å². The van der Waals surface area contributed by atoms with Crippen LogP contribution >= 0.6 is 0 Å². The number of carbonyl (C=O) groups is 1. The van der Waals surface area contributed by atoms with Crippen LogP contribution in [0.5, 0.6) is 0 Å². The number of nitrogens with two attached hydrogens (primary N) is 1.